The molecule has 2 aromatic rings. The molecule has 2 aromatic carbocycles. The molecule has 0 heterocycles. The van der Waals surface area contributed by atoms with Crippen LogP contribution in [0.1, 0.15) is 5.56 Å². The summed E-state index contributed by atoms with van der Waals surface area (Å²) in [6, 6.07) is 6.46. The topological polar surface area (TPSA) is 55.1 Å². The maximum atomic E-state index is 13.4. The van der Waals surface area contributed by atoms with Crippen LogP contribution >= 0.6 is 0 Å². The number of rotatable bonds is 3. The third kappa shape index (κ3) is 3.28. The first-order valence-electron chi connectivity index (χ1n) is 5.74. The molecule has 2 rings (SSSR count). The molecule has 3 nitrogen and oxygen atoms in total. The van der Waals surface area contributed by atoms with Crippen LogP contribution < -0.4 is 11.1 Å². The second-order valence-electron chi connectivity index (χ2n) is 4.19. The predicted molar refractivity (Wildman–Crippen MR) is 69.5 cm³/mol. The highest BCUT2D eigenvalue weighted by Crippen LogP contribution is 2.19. The molecule has 0 atom stereocenters. The lowest BCUT2D eigenvalue weighted by atomic mass is 10.1. The van der Waals surface area contributed by atoms with Gasteiger partial charge in [0.25, 0.3) is 0 Å². The van der Waals surface area contributed by atoms with Crippen molar-refractivity contribution < 1.29 is 18.0 Å². The summed E-state index contributed by atoms with van der Waals surface area (Å²) in [5.74, 6) is -2.66. The summed E-state index contributed by atoms with van der Waals surface area (Å²) >= 11 is 0. The quantitative estimate of drug-likeness (QED) is 0.849. The Hall–Kier alpha value is -2.50. The molecule has 0 saturated carbocycles. The lowest BCUT2D eigenvalue weighted by Gasteiger charge is -2.08. The zero-order valence-electron chi connectivity index (χ0n) is 10.3. The van der Waals surface area contributed by atoms with Crippen LogP contribution in [0.25, 0.3) is 0 Å². The van der Waals surface area contributed by atoms with E-state index >= 15 is 0 Å². The first-order chi connectivity index (χ1) is 9.45. The minimum atomic E-state index is -0.813. The zero-order valence-corrected chi connectivity index (χ0v) is 10.3. The van der Waals surface area contributed by atoms with Gasteiger partial charge in [-0.2, -0.15) is 0 Å². The van der Waals surface area contributed by atoms with Crippen LogP contribution in [-0.2, 0) is 11.2 Å². The van der Waals surface area contributed by atoms with Gasteiger partial charge in [0.1, 0.15) is 17.5 Å². The largest absolute Gasteiger partial charge is 0.397 e. The number of anilines is 2. The molecule has 6 heteroatoms. The van der Waals surface area contributed by atoms with Gasteiger partial charge in [-0.05, 0) is 29.8 Å². The summed E-state index contributed by atoms with van der Waals surface area (Å²) in [5, 5.41) is 2.38. The van der Waals surface area contributed by atoms with Crippen molar-refractivity contribution in [2.45, 2.75) is 6.42 Å². The number of hydrogen-bond donors (Lipinski definition) is 2. The molecule has 0 bridgehead atoms. The molecule has 0 unspecified atom stereocenters. The van der Waals surface area contributed by atoms with E-state index in [9.17, 15) is 18.0 Å². The van der Waals surface area contributed by atoms with E-state index in [1.807, 2.05) is 0 Å². The predicted octanol–water partition coefficient (Wildman–Crippen LogP) is 2.87. The van der Waals surface area contributed by atoms with Gasteiger partial charge >= 0.3 is 0 Å². The van der Waals surface area contributed by atoms with Gasteiger partial charge in [-0.25, -0.2) is 13.2 Å². The van der Waals surface area contributed by atoms with Crippen LogP contribution in [0.4, 0.5) is 24.5 Å². The van der Waals surface area contributed by atoms with Crippen LogP contribution in [-0.4, -0.2) is 5.91 Å². The summed E-state index contributed by atoms with van der Waals surface area (Å²) < 4.78 is 39.1. The Bertz CT molecular complexity index is 659. The Morgan fingerprint density at radius 1 is 1.05 bits per heavy atom. The van der Waals surface area contributed by atoms with Crippen LogP contribution in [0.3, 0.4) is 0 Å². The first kappa shape index (κ1) is 13.9. The fraction of sp³-hybridized carbons (Fsp3) is 0.0714. The normalized spacial score (nSPS) is 10.3. The van der Waals surface area contributed by atoms with Gasteiger partial charge < -0.3 is 11.1 Å². The van der Waals surface area contributed by atoms with Gasteiger partial charge in [-0.15, -0.1) is 0 Å². The second kappa shape index (κ2) is 5.64. The molecule has 0 aliphatic carbocycles. The molecule has 0 aliphatic heterocycles. The minimum Gasteiger partial charge on any atom is -0.397 e. The Balaban J connectivity index is 2.11. The van der Waals surface area contributed by atoms with Crippen LogP contribution in [0.5, 0.6) is 0 Å². The van der Waals surface area contributed by atoms with Crippen molar-refractivity contribution in [3.05, 3.63) is 59.4 Å². The van der Waals surface area contributed by atoms with E-state index in [-0.39, 0.29) is 23.4 Å². The molecular formula is C14H11F3N2O. The number of carbonyl (C=O) groups excluding carboxylic acids is 1. The van der Waals surface area contributed by atoms with Crippen molar-refractivity contribution in [2.24, 2.45) is 0 Å². The fourth-order valence-electron chi connectivity index (χ4n) is 1.67. The number of amides is 1. The van der Waals surface area contributed by atoms with Crippen molar-refractivity contribution in [1.29, 1.82) is 0 Å². The van der Waals surface area contributed by atoms with Crippen molar-refractivity contribution in [3.8, 4) is 0 Å². The molecule has 0 aromatic heterocycles. The van der Waals surface area contributed by atoms with Gasteiger partial charge in [0.15, 0.2) is 0 Å². The third-order valence-electron chi connectivity index (χ3n) is 2.66. The Morgan fingerprint density at radius 2 is 1.70 bits per heavy atom. The van der Waals surface area contributed by atoms with E-state index in [1.165, 1.54) is 12.1 Å². The molecule has 1 amide bonds. The molecule has 3 N–H and O–H groups in total. The molecule has 0 saturated heterocycles. The lowest BCUT2D eigenvalue weighted by Crippen LogP contribution is -2.16. The Kier molecular flexibility index (Phi) is 3.93. The molecule has 0 aliphatic rings. The third-order valence-corrected chi connectivity index (χ3v) is 2.66. The molecule has 0 fully saturated rings. The number of benzene rings is 2. The summed E-state index contributed by atoms with van der Waals surface area (Å²) in [5.41, 5.74) is 5.92. The van der Waals surface area contributed by atoms with E-state index in [2.05, 4.69) is 5.32 Å². The number of hydrogen-bond acceptors (Lipinski definition) is 2. The van der Waals surface area contributed by atoms with Crippen molar-refractivity contribution in [3.63, 3.8) is 0 Å². The van der Waals surface area contributed by atoms with Crippen LogP contribution in [0.15, 0.2) is 36.4 Å². The average molecular weight is 280 g/mol. The van der Waals surface area contributed by atoms with Gasteiger partial charge in [0, 0.05) is 6.07 Å². The van der Waals surface area contributed by atoms with Gasteiger partial charge in [-0.3, -0.25) is 4.79 Å². The summed E-state index contributed by atoms with van der Waals surface area (Å²) in [6.45, 7) is 0. The van der Waals surface area contributed by atoms with E-state index < -0.39 is 23.4 Å². The monoisotopic (exact) mass is 280 g/mol. The molecule has 104 valence electrons. The molecule has 20 heavy (non-hydrogen) atoms. The maximum absolute atomic E-state index is 13.4. The first-order valence-corrected chi connectivity index (χ1v) is 5.74. The Morgan fingerprint density at radius 3 is 2.40 bits per heavy atom. The summed E-state index contributed by atoms with van der Waals surface area (Å²) in [6.07, 6.45) is -0.304. The van der Waals surface area contributed by atoms with E-state index in [0.29, 0.717) is 6.07 Å². The highest BCUT2D eigenvalue weighted by atomic mass is 19.1. The van der Waals surface area contributed by atoms with Crippen molar-refractivity contribution in [2.75, 3.05) is 11.1 Å². The smallest absolute Gasteiger partial charge is 0.228 e. The summed E-state index contributed by atoms with van der Waals surface area (Å²) in [4.78, 5) is 11.7. The van der Waals surface area contributed by atoms with Crippen LogP contribution in [0, 0.1) is 17.5 Å². The number of nitrogen functional groups attached to an aromatic ring is 1. The van der Waals surface area contributed by atoms with Crippen molar-refractivity contribution in [1.82, 2.24) is 0 Å². The van der Waals surface area contributed by atoms with Crippen LogP contribution in [0.2, 0.25) is 0 Å². The van der Waals surface area contributed by atoms with Gasteiger partial charge in [0.05, 0.1) is 17.8 Å². The highest BCUT2D eigenvalue weighted by molar-refractivity contribution is 5.95. The highest BCUT2D eigenvalue weighted by Gasteiger charge is 2.11. The average Bonchev–Trinajstić information content (AvgIpc) is 2.37. The van der Waals surface area contributed by atoms with E-state index in [4.69, 9.17) is 5.73 Å². The van der Waals surface area contributed by atoms with Gasteiger partial charge in [0.2, 0.25) is 5.91 Å². The standard InChI is InChI=1S/C14H11F3N2O/c15-9-2-1-8(11(17)6-9)5-14(20)19-13-7-10(16)3-4-12(13)18/h1-4,6-7H,5,18H2,(H,19,20). The number of nitrogens with two attached hydrogens (primary N) is 1. The minimum absolute atomic E-state index is 0.0406. The van der Waals surface area contributed by atoms with Crippen molar-refractivity contribution >= 4 is 17.3 Å². The number of nitrogens with one attached hydrogen (secondary N) is 1. The fourth-order valence-corrected chi connectivity index (χ4v) is 1.67. The maximum Gasteiger partial charge on any atom is 0.228 e. The van der Waals surface area contributed by atoms with E-state index in [1.54, 1.807) is 0 Å². The van der Waals surface area contributed by atoms with Gasteiger partial charge in [-0.1, -0.05) is 6.07 Å². The lowest BCUT2D eigenvalue weighted by molar-refractivity contribution is -0.115. The molecular weight excluding hydrogens is 269 g/mol. The number of carbonyl (C=O) groups is 1. The second-order valence-corrected chi connectivity index (χ2v) is 4.19. The number of halogens is 3. The van der Waals surface area contributed by atoms with E-state index in [0.717, 1.165) is 18.2 Å². The Labute approximate surface area is 113 Å². The molecule has 0 spiro atoms. The SMILES string of the molecule is Nc1ccc(F)cc1NC(=O)Cc1ccc(F)cc1F. The zero-order chi connectivity index (χ0) is 14.7. The molecule has 0 radical (unpaired) electrons. The summed E-state index contributed by atoms with van der Waals surface area (Å²) in [7, 11) is 0.